The Bertz CT molecular complexity index is 760. The van der Waals surface area contributed by atoms with Gasteiger partial charge in [0.2, 0.25) is 11.8 Å². The van der Waals surface area contributed by atoms with Crippen LogP contribution in [0.25, 0.3) is 0 Å². The molecular weight excluding hydrogens is 312 g/mol. The number of hydrogen-bond acceptors (Lipinski definition) is 2. The molecule has 0 fully saturated rings. The first-order valence-corrected chi connectivity index (χ1v) is 7.81. The maximum absolute atomic E-state index is 12.8. The van der Waals surface area contributed by atoms with Crippen LogP contribution in [0.5, 0.6) is 0 Å². The van der Waals surface area contributed by atoms with E-state index in [1.165, 1.54) is 0 Å². The van der Waals surface area contributed by atoms with E-state index in [0.29, 0.717) is 17.3 Å². The third kappa shape index (κ3) is 3.22. The molecule has 2 aromatic carbocycles. The van der Waals surface area contributed by atoms with E-state index in [-0.39, 0.29) is 18.2 Å². The molecule has 2 aromatic rings. The minimum Gasteiger partial charge on any atom is -0.341 e. The second kappa shape index (κ2) is 6.42. The third-order valence-corrected chi connectivity index (χ3v) is 4.41. The summed E-state index contributed by atoms with van der Waals surface area (Å²) < 4.78 is 0. The topological polar surface area (TPSA) is 49.4 Å². The normalized spacial score (nSPS) is 16.4. The van der Waals surface area contributed by atoms with Crippen molar-refractivity contribution >= 4 is 29.1 Å². The smallest absolute Gasteiger partial charge is 0.230 e. The highest BCUT2D eigenvalue weighted by Gasteiger charge is 2.32. The number of anilines is 1. The van der Waals surface area contributed by atoms with Crippen LogP contribution < -0.4 is 5.32 Å². The molecule has 0 radical (unpaired) electrons. The lowest BCUT2D eigenvalue weighted by atomic mass is 9.89. The van der Waals surface area contributed by atoms with Crippen LogP contribution in [-0.2, 0) is 16.1 Å². The van der Waals surface area contributed by atoms with E-state index in [4.69, 9.17) is 11.6 Å². The van der Waals surface area contributed by atoms with E-state index < -0.39 is 5.92 Å². The van der Waals surface area contributed by atoms with Gasteiger partial charge < -0.3 is 10.2 Å². The van der Waals surface area contributed by atoms with Crippen LogP contribution in [0.1, 0.15) is 23.5 Å². The molecule has 0 saturated heterocycles. The number of hydrogen-bond donors (Lipinski definition) is 1. The van der Waals surface area contributed by atoms with Gasteiger partial charge in [-0.25, -0.2) is 0 Å². The number of rotatable bonds is 3. The summed E-state index contributed by atoms with van der Waals surface area (Å²) in [6.45, 7) is 0.415. The predicted molar refractivity (Wildman–Crippen MR) is 90.4 cm³/mol. The number of carbonyl (C=O) groups excluding carboxylic acids is 2. The van der Waals surface area contributed by atoms with Gasteiger partial charge in [0, 0.05) is 30.7 Å². The molecule has 0 saturated carbocycles. The lowest BCUT2D eigenvalue weighted by Gasteiger charge is -2.28. The van der Waals surface area contributed by atoms with Crippen LogP contribution in [0.4, 0.5) is 5.69 Å². The van der Waals surface area contributed by atoms with Crippen molar-refractivity contribution in [2.24, 2.45) is 0 Å². The van der Waals surface area contributed by atoms with Crippen LogP contribution in [0.2, 0.25) is 5.02 Å². The summed E-state index contributed by atoms with van der Waals surface area (Å²) in [6.07, 6.45) is 0.169. The van der Waals surface area contributed by atoms with Gasteiger partial charge in [-0.15, -0.1) is 0 Å². The number of amides is 2. The molecule has 1 aliphatic heterocycles. The number of likely N-dealkylation sites (N-methyl/N-ethyl adjacent to an activating group) is 1. The van der Waals surface area contributed by atoms with Gasteiger partial charge in [-0.1, -0.05) is 48.0 Å². The van der Waals surface area contributed by atoms with Gasteiger partial charge in [-0.2, -0.15) is 0 Å². The van der Waals surface area contributed by atoms with Crippen molar-refractivity contribution in [3.05, 3.63) is 64.7 Å². The molecule has 0 bridgehead atoms. The van der Waals surface area contributed by atoms with E-state index in [1.807, 2.05) is 42.5 Å². The average molecular weight is 329 g/mol. The molecule has 5 heteroatoms. The van der Waals surface area contributed by atoms with Gasteiger partial charge in [-0.3, -0.25) is 9.59 Å². The quantitative estimate of drug-likeness (QED) is 0.938. The number of nitrogens with one attached hydrogen (secondary N) is 1. The molecule has 1 heterocycles. The van der Waals surface area contributed by atoms with E-state index in [0.717, 1.165) is 11.1 Å². The number of para-hydroxylation sites is 1. The third-order valence-electron chi connectivity index (χ3n) is 4.04. The molecule has 0 spiro atoms. The largest absolute Gasteiger partial charge is 0.341 e. The monoisotopic (exact) mass is 328 g/mol. The molecule has 1 atom stereocenters. The molecule has 1 N–H and O–H groups in total. The first-order chi connectivity index (χ1) is 11.1. The SMILES string of the molecule is CN(Cc1ccccc1Cl)C(=O)C1CC(=O)Nc2ccccc21. The first kappa shape index (κ1) is 15.6. The molecular formula is C18H17ClN2O2. The van der Waals surface area contributed by atoms with Gasteiger partial charge in [-0.05, 0) is 23.3 Å². The molecule has 1 unspecified atom stereocenters. The van der Waals surface area contributed by atoms with Crippen LogP contribution >= 0.6 is 11.6 Å². The van der Waals surface area contributed by atoms with Crippen molar-refractivity contribution in [1.82, 2.24) is 4.90 Å². The van der Waals surface area contributed by atoms with Gasteiger partial charge in [0.05, 0.1) is 5.92 Å². The van der Waals surface area contributed by atoms with E-state index in [2.05, 4.69) is 5.32 Å². The zero-order valence-corrected chi connectivity index (χ0v) is 13.5. The van der Waals surface area contributed by atoms with Crippen LogP contribution in [-0.4, -0.2) is 23.8 Å². The Morgan fingerprint density at radius 2 is 1.91 bits per heavy atom. The fraction of sp³-hybridized carbons (Fsp3) is 0.222. The highest BCUT2D eigenvalue weighted by molar-refractivity contribution is 6.31. The fourth-order valence-corrected chi connectivity index (χ4v) is 3.05. The van der Waals surface area contributed by atoms with Gasteiger partial charge in [0.15, 0.2) is 0 Å². The summed E-state index contributed by atoms with van der Waals surface area (Å²) in [7, 11) is 1.74. The van der Waals surface area contributed by atoms with Crippen LogP contribution in [0.3, 0.4) is 0 Å². The van der Waals surface area contributed by atoms with Gasteiger partial charge >= 0.3 is 0 Å². The summed E-state index contributed by atoms with van der Waals surface area (Å²) in [5.74, 6) is -0.659. The van der Waals surface area contributed by atoms with E-state index >= 15 is 0 Å². The Kier molecular flexibility index (Phi) is 4.35. The molecule has 3 rings (SSSR count). The van der Waals surface area contributed by atoms with E-state index in [1.54, 1.807) is 18.0 Å². The fourth-order valence-electron chi connectivity index (χ4n) is 2.86. The summed E-state index contributed by atoms with van der Waals surface area (Å²) in [6, 6.07) is 14.9. The molecule has 4 nitrogen and oxygen atoms in total. The highest BCUT2D eigenvalue weighted by Crippen LogP contribution is 2.33. The second-order valence-electron chi connectivity index (χ2n) is 5.68. The minimum absolute atomic E-state index is 0.0766. The molecule has 2 amide bonds. The van der Waals surface area contributed by atoms with Crippen molar-refractivity contribution in [2.45, 2.75) is 18.9 Å². The maximum atomic E-state index is 12.8. The molecule has 0 aromatic heterocycles. The zero-order valence-electron chi connectivity index (χ0n) is 12.8. The molecule has 23 heavy (non-hydrogen) atoms. The lowest BCUT2D eigenvalue weighted by molar-refractivity contribution is -0.134. The van der Waals surface area contributed by atoms with Gasteiger partial charge in [0.1, 0.15) is 0 Å². The van der Waals surface area contributed by atoms with Crippen LogP contribution in [0, 0.1) is 0 Å². The summed E-state index contributed by atoms with van der Waals surface area (Å²) in [4.78, 5) is 26.3. The number of nitrogens with zero attached hydrogens (tertiary/aromatic N) is 1. The summed E-state index contributed by atoms with van der Waals surface area (Å²) in [5, 5.41) is 3.44. The Morgan fingerprint density at radius 1 is 1.22 bits per heavy atom. The second-order valence-corrected chi connectivity index (χ2v) is 6.09. The Balaban J connectivity index is 1.83. The van der Waals surface area contributed by atoms with Crippen molar-refractivity contribution in [3.8, 4) is 0 Å². The van der Waals surface area contributed by atoms with Crippen molar-refractivity contribution < 1.29 is 9.59 Å². The summed E-state index contributed by atoms with van der Waals surface area (Å²) >= 11 is 6.16. The van der Waals surface area contributed by atoms with E-state index in [9.17, 15) is 9.59 Å². The Morgan fingerprint density at radius 3 is 2.70 bits per heavy atom. The number of halogens is 1. The molecule has 118 valence electrons. The zero-order chi connectivity index (χ0) is 16.4. The maximum Gasteiger partial charge on any atom is 0.230 e. The van der Waals surface area contributed by atoms with Gasteiger partial charge in [0.25, 0.3) is 0 Å². The van der Waals surface area contributed by atoms with Crippen molar-refractivity contribution in [1.29, 1.82) is 0 Å². The molecule has 1 aliphatic rings. The van der Waals surface area contributed by atoms with Crippen LogP contribution in [0.15, 0.2) is 48.5 Å². The standard InChI is InChI=1S/C18H17ClN2O2/c1-21(11-12-6-2-4-8-15(12)19)18(23)14-10-17(22)20-16-9-5-3-7-13(14)16/h2-9,14H,10-11H2,1H3,(H,20,22). The average Bonchev–Trinajstić information content (AvgIpc) is 2.55. The molecule has 0 aliphatic carbocycles. The highest BCUT2D eigenvalue weighted by atomic mass is 35.5. The Labute approximate surface area is 140 Å². The minimum atomic E-state index is -0.451. The number of benzene rings is 2. The predicted octanol–water partition coefficient (Wildman–Crippen LogP) is 3.42. The number of carbonyl (C=O) groups is 2. The Hall–Kier alpha value is -2.33. The van der Waals surface area contributed by atoms with Crippen molar-refractivity contribution in [2.75, 3.05) is 12.4 Å². The van der Waals surface area contributed by atoms with Crippen molar-refractivity contribution in [3.63, 3.8) is 0 Å². The number of fused-ring (bicyclic) bond motifs is 1. The lowest BCUT2D eigenvalue weighted by Crippen LogP contribution is -2.36. The summed E-state index contributed by atoms with van der Waals surface area (Å²) in [5.41, 5.74) is 2.47. The first-order valence-electron chi connectivity index (χ1n) is 7.43.